The molecule has 3 aromatic rings. The number of hydrogen-bond donors (Lipinski definition) is 2. The molecule has 0 saturated heterocycles. The minimum absolute atomic E-state index is 0.186. The molecule has 0 aliphatic carbocycles. The molecule has 2 amide bonds. The molecule has 0 radical (unpaired) electrons. The quantitative estimate of drug-likeness (QED) is 0.623. The Labute approximate surface area is 153 Å². The summed E-state index contributed by atoms with van der Waals surface area (Å²) < 4.78 is 7.61. The van der Waals surface area contributed by atoms with E-state index in [0.29, 0.717) is 23.3 Å². The maximum Gasteiger partial charge on any atom is 0.287 e. The molecule has 0 aliphatic heterocycles. The molecular formula is C18H16BrN3O3. The number of halogens is 1. The van der Waals surface area contributed by atoms with Crippen LogP contribution in [0.15, 0.2) is 70.0 Å². The Morgan fingerprint density at radius 3 is 2.16 bits per heavy atom. The van der Waals surface area contributed by atoms with Gasteiger partial charge in [-0.1, -0.05) is 0 Å². The van der Waals surface area contributed by atoms with Gasteiger partial charge in [-0.3, -0.25) is 9.59 Å². The average molecular weight is 402 g/mol. The lowest BCUT2D eigenvalue weighted by Gasteiger charge is -2.07. The molecule has 128 valence electrons. The van der Waals surface area contributed by atoms with E-state index in [1.807, 2.05) is 41.2 Å². The van der Waals surface area contributed by atoms with Crippen LogP contribution in [0.5, 0.6) is 0 Å². The van der Waals surface area contributed by atoms with E-state index < -0.39 is 0 Å². The monoisotopic (exact) mass is 401 g/mol. The number of benzene rings is 1. The van der Waals surface area contributed by atoms with Gasteiger partial charge in [0.15, 0.2) is 10.4 Å². The van der Waals surface area contributed by atoms with Gasteiger partial charge in [-0.05, 0) is 64.5 Å². The molecular weight excluding hydrogens is 386 g/mol. The summed E-state index contributed by atoms with van der Waals surface area (Å²) in [6.07, 6.45) is 3.88. The van der Waals surface area contributed by atoms with E-state index in [0.717, 1.165) is 5.69 Å². The Morgan fingerprint density at radius 2 is 1.56 bits per heavy atom. The van der Waals surface area contributed by atoms with Crippen LogP contribution >= 0.6 is 15.9 Å². The Bertz CT molecular complexity index is 854. The van der Waals surface area contributed by atoms with Crippen molar-refractivity contribution in [3.8, 4) is 5.69 Å². The van der Waals surface area contributed by atoms with Crippen molar-refractivity contribution in [3.05, 3.63) is 76.9 Å². The zero-order valence-electron chi connectivity index (χ0n) is 13.2. The highest BCUT2D eigenvalue weighted by atomic mass is 79.9. The predicted molar refractivity (Wildman–Crippen MR) is 96.8 cm³/mol. The molecule has 6 nitrogen and oxygen atoms in total. The Kier molecular flexibility index (Phi) is 5.35. The molecule has 3 rings (SSSR count). The molecule has 0 aliphatic rings. The Balaban J connectivity index is 1.45. The first-order valence-corrected chi connectivity index (χ1v) is 8.48. The molecule has 0 saturated carbocycles. The third kappa shape index (κ3) is 4.39. The summed E-state index contributed by atoms with van der Waals surface area (Å²) in [7, 11) is 0. The van der Waals surface area contributed by atoms with Crippen molar-refractivity contribution < 1.29 is 14.0 Å². The van der Waals surface area contributed by atoms with Crippen LogP contribution in [0.1, 0.15) is 20.9 Å². The number of hydrogen-bond acceptors (Lipinski definition) is 3. The van der Waals surface area contributed by atoms with Crippen LogP contribution in [-0.2, 0) is 0 Å². The van der Waals surface area contributed by atoms with Crippen molar-refractivity contribution in [1.82, 2.24) is 15.2 Å². The van der Waals surface area contributed by atoms with Gasteiger partial charge in [0.05, 0.1) is 0 Å². The van der Waals surface area contributed by atoms with E-state index in [4.69, 9.17) is 4.42 Å². The molecule has 2 aromatic heterocycles. The smallest absolute Gasteiger partial charge is 0.287 e. The molecule has 1 aromatic carbocycles. The number of amides is 2. The van der Waals surface area contributed by atoms with Gasteiger partial charge in [0.1, 0.15) is 0 Å². The second-order valence-electron chi connectivity index (χ2n) is 5.25. The number of nitrogens with one attached hydrogen (secondary N) is 2. The summed E-state index contributed by atoms with van der Waals surface area (Å²) in [4.78, 5) is 23.9. The van der Waals surface area contributed by atoms with Gasteiger partial charge in [0, 0.05) is 36.7 Å². The fourth-order valence-electron chi connectivity index (χ4n) is 2.27. The fraction of sp³-hybridized carbons (Fsp3) is 0.111. The number of carbonyl (C=O) groups excluding carboxylic acids is 2. The molecule has 0 spiro atoms. The first kappa shape index (κ1) is 17.0. The highest BCUT2D eigenvalue weighted by molar-refractivity contribution is 9.10. The highest BCUT2D eigenvalue weighted by Crippen LogP contribution is 2.13. The van der Waals surface area contributed by atoms with E-state index in [1.54, 1.807) is 24.3 Å². The zero-order valence-corrected chi connectivity index (χ0v) is 14.8. The van der Waals surface area contributed by atoms with E-state index in [2.05, 4.69) is 26.6 Å². The predicted octanol–water partition coefficient (Wildman–Crippen LogP) is 2.99. The molecule has 7 heteroatoms. The van der Waals surface area contributed by atoms with Crippen molar-refractivity contribution in [2.24, 2.45) is 0 Å². The van der Waals surface area contributed by atoms with Crippen LogP contribution in [0.2, 0.25) is 0 Å². The van der Waals surface area contributed by atoms with E-state index in [1.165, 1.54) is 0 Å². The van der Waals surface area contributed by atoms with Crippen LogP contribution in [0, 0.1) is 0 Å². The summed E-state index contributed by atoms with van der Waals surface area (Å²) in [5, 5.41) is 5.44. The van der Waals surface area contributed by atoms with Gasteiger partial charge < -0.3 is 19.6 Å². The van der Waals surface area contributed by atoms with Crippen LogP contribution in [-0.4, -0.2) is 29.5 Å². The van der Waals surface area contributed by atoms with Crippen molar-refractivity contribution in [3.63, 3.8) is 0 Å². The Morgan fingerprint density at radius 1 is 0.920 bits per heavy atom. The SMILES string of the molecule is O=C(NCCNC(=O)c1ccc(Br)o1)c1ccc(-n2cccc2)cc1. The summed E-state index contributed by atoms with van der Waals surface area (Å²) in [6, 6.07) is 14.4. The number of nitrogens with zero attached hydrogens (tertiary/aromatic N) is 1. The average Bonchev–Trinajstić information content (AvgIpc) is 3.30. The van der Waals surface area contributed by atoms with Gasteiger partial charge in [-0.15, -0.1) is 0 Å². The Hall–Kier alpha value is -2.80. The zero-order chi connectivity index (χ0) is 17.6. The summed E-state index contributed by atoms with van der Waals surface area (Å²) in [5.41, 5.74) is 1.55. The van der Waals surface area contributed by atoms with Crippen molar-refractivity contribution in [2.45, 2.75) is 0 Å². The summed E-state index contributed by atoms with van der Waals surface area (Å²) >= 11 is 3.14. The second-order valence-corrected chi connectivity index (χ2v) is 6.03. The van der Waals surface area contributed by atoms with Gasteiger partial charge in [0.25, 0.3) is 11.8 Å². The molecule has 0 unspecified atom stereocenters. The standard InChI is InChI=1S/C18H16BrN3O3/c19-16-8-7-15(25-16)18(24)21-10-9-20-17(23)13-3-5-14(6-4-13)22-11-1-2-12-22/h1-8,11-12H,9-10H2,(H,20,23)(H,21,24). The molecule has 0 bridgehead atoms. The molecule has 25 heavy (non-hydrogen) atoms. The second kappa shape index (κ2) is 7.85. The van der Waals surface area contributed by atoms with E-state index in [-0.39, 0.29) is 17.6 Å². The van der Waals surface area contributed by atoms with E-state index >= 15 is 0 Å². The van der Waals surface area contributed by atoms with E-state index in [9.17, 15) is 9.59 Å². The topological polar surface area (TPSA) is 76.3 Å². The molecule has 0 fully saturated rings. The lowest BCUT2D eigenvalue weighted by atomic mass is 10.2. The van der Waals surface area contributed by atoms with Crippen LogP contribution in [0.4, 0.5) is 0 Å². The number of carbonyl (C=O) groups is 2. The van der Waals surface area contributed by atoms with Gasteiger partial charge in [0.2, 0.25) is 0 Å². The number of rotatable bonds is 6. The van der Waals surface area contributed by atoms with Crippen LogP contribution < -0.4 is 10.6 Å². The lowest BCUT2D eigenvalue weighted by molar-refractivity contribution is 0.0909. The molecule has 2 heterocycles. The van der Waals surface area contributed by atoms with Crippen molar-refractivity contribution in [2.75, 3.05) is 13.1 Å². The highest BCUT2D eigenvalue weighted by Gasteiger charge is 2.10. The number of aromatic nitrogens is 1. The third-order valence-corrected chi connectivity index (χ3v) is 3.95. The van der Waals surface area contributed by atoms with Gasteiger partial charge in [-0.25, -0.2) is 0 Å². The van der Waals surface area contributed by atoms with Crippen LogP contribution in [0.3, 0.4) is 0 Å². The van der Waals surface area contributed by atoms with Crippen LogP contribution in [0.25, 0.3) is 5.69 Å². The minimum atomic E-state index is -0.323. The molecule has 0 atom stereocenters. The van der Waals surface area contributed by atoms with Gasteiger partial charge in [-0.2, -0.15) is 0 Å². The van der Waals surface area contributed by atoms with Crippen molar-refractivity contribution >= 4 is 27.7 Å². The first-order chi connectivity index (χ1) is 12.1. The number of furan rings is 1. The first-order valence-electron chi connectivity index (χ1n) is 7.68. The maximum atomic E-state index is 12.1. The minimum Gasteiger partial charge on any atom is -0.444 e. The maximum absolute atomic E-state index is 12.1. The summed E-state index contributed by atoms with van der Waals surface area (Å²) in [5.74, 6) is -0.288. The summed E-state index contributed by atoms with van der Waals surface area (Å²) in [6.45, 7) is 0.635. The lowest BCUT2D eigenvalue weighted by Crippen LogP contribution is -2.34. The van der Waals surface area contributed by atoms with Crippen molar-refractivity contribution in [1.29, 1.82) is 0 Å². The molecule has 2 N–H and O–H groups in total. The fourth-order valence-corrected chi connectivity index (χ4v) is 2.58. The largest absolute Gasteiger partial charge is 0.444 e. The third-order valence-electron chi connectivity index (χ3n) is 3.53. The normalized spacial score (nSPS) is 10.4. The van der Waals surface area contributed by atoms with Gasteiger partial charge >= 0.3 is 0 Å².